The number of anilines is 2. The van der Waals surface area contributed by atoms with Crippen LogP contribution in [0.1, 0.15) is 30.8 Å². The van der Waals surface area contributed by atoms with Gasteiger partial charge in [-0.3, -0.25) is 5.32 Å². The molecule has 0 aliphatic carbocycles. The fourth-order valence-electron chi connectivity index (χ4n) is 2.20. The van der Waals surface area contributed by atoms with E-state index in [1.807, 2.05) is 11.5 Å². The lowest BCUT2D eigenvalue weighted by Gasteiger charge is -2.01. The van der Waals surface area contributed by atoms with Crippen molar-refractivity contribution in [1.82, 2.24) is 24.5 Å². The van der Waals surface area contributed by atoms with Gasteiger partial charge in [0.15, 0.2) is 10.8 Å². The number of allylic oxidation sites excluding steroid dienone is 1. The first-order valence-corrected chi connectivity index (χ1v) is 8.04. The molecule has 0 bridgehead atoms. The van der Waals surface area contributed by atoms with Crippen LogP contribution >= 0.6 is 11.3 Å². The fourth-order valence-corrected chi connectivity index (χ4v) is 3.20. The van der Waals surface area contributed by atoms with E-state index in [4.69, 9.17) is 0 Å². The van der Waals surface area contributed by atoms with E-state index in [2.05, 4.69) is 45.7 Å². The van der Waals surface area contributed by atoms with Crippen LogP contribution in [0.25, 0.3) is 16.7 Å². The fraction of sp³-hybridized carbons (Fsp3) is 0.333. The van der Waals surface area contributed by atoms with Crippen molar-refractivity contribution in [1.29, 1.82) is 0 Å². The molecule has 1 N–H and O–H groups in total. The van der Waals surface area contributed by atoms with Crippen molar-refractivity contribution in [3.05, 3.63) is 29.7 Å². The van der Waals surface area contributed by atoms with Crippen molar-refractivity contribution in [3.63, 3.8) is 0 Å². The summed E-state index contributed by atoms with van der Waals surface area (Å²) in [5, 5.41) is 3.93. The Hall–Kier alpha value is -2.28. The molecule has 0 spiro atoms. The van der Waals surface area contributed by atoms with Crippen molar-refractivity contribution < 1.29 is 0 Å². The smallest absolute Gasteiger partial charge is 0.231 e. The molecular formula is C15H18N6S. The standard InChI is InChI=1S/C15H18N6S/c1-5-9(3)12-10(4)18-15(22-12)20-14-16-7-11-13(19-14)17-8-21(11)6-2/h7-8H,3,5-6H2,1-2,4H3,(H,16,18,19,20). The van der Waals surface area contributed by atoms with E-state index >= 15 is 0 Å². The summed E-state index contributed by atoms with van der Waals surface area (Å²) >= 11 is 1.57. The third-order valence-corrected chi connectivity index (χ3v) is 4.66. The molecule has 0 aliphatic heterocycles. The first kappa shape index (κ1) is 14.6. The molecule has 3 aromatic heterocycles. The van der Waals surface area contributed by atoms with Gasteiger partial charge in [-0.2, -0.15) is 4.98 Å². The molecule has 3 rings (SSSR count). The molecule has 0 fully saturated rings. The summed E-state index contributed by atoms with van der Waals surface area (Å²) in [4.78, 5) is 18.7. The molecule has 0 radical (unpaired) electrons. The van der Waals surface area contributed by atoms with Crippen LogP contribution in [0.3, 0.4) is 0 Å². The van der Waals surface area contributed by atoms with E-state index in [1.54, 1.807) is 23.9 Å². The van der Waals surface area contributed by atoms with Crippen LogP contribution in [-0.4, -0.2) is 24.5 Å². The number of nitrogens with zero attached hydrogens (tertiary/aromatic N) is 5. The van der Waals surface area contributed by atoms with Crippen molar-refractivity contribution in [3.8, 4) is 0 Å². The number of aromatic nitrogens is 5. The number of nitrogens with one attached hydrogen (secondary N) is 1. The Morgan fingerprint density at radius 3 is 2.86 bits per heavy atom. The summed E-state index contributed by atoms with van der Waals surface area (Å²) in [7, 11) is 0. The van der Waals surface area contributed by atoms with Crippen LogP contribution in [-0.2, 0) is 6.54 Å². The lowest BCUT2D eigenvalue weighted by atomic mass is 10.2. The second-order valence-electron chi connectivity index (χ2n) is 4.95. The van der Waals surface area contributed by atoms with Gasteiger partial charge in [0.05, 0.1) is 23.1 Å². The van der Waals surface area contributed by atoms with Crippen LogP contribution in [0.4, 0.5) is 11.1 Å². The Morgan fingerprint density at radius 1 is 1.32 bits per heavy atom. The van der Waals surface area contributed by atoms with Gasteiger partial charge in [0.2, 0.25) is 5.95 Å². The number of thiazole rings is 1. The van der Waals surface area contributed by atoms with E-state index in [0.717, 1.165) is 39.8 Å². The Labute approximate surface area is 133 Å². The van der Waals surface area contributed by atoms with Gasteiger partial charge in [0, 0.05) is 6.54 Å². The number of rotatable bonds is 5. The van der Waals surface area contributed by atoms with Crippen LogP contribution in [0.2, 0.25) is 0 Å². The Balaban J connectivity index is 1.88. The van der Waals surface area contributed by atoms with E-state index in [9.17, 15) is 0 Å². The molecule has 0 saturated heterocycles. The molecule has 22 heavy (non-hydrogen) atoms. The normalized spacial score (nSPS) is 11.0. The molecule has 7 heteroatoms. The summed E-state index contributed by atoms with van der Waals surface area (Å²) in [6.45, 7) is 11.1. The summed E-state index contributed by atoms with van der Waals surface area (Å²) in [5.41, 5.74) is 3.70. The number of aryl methyl sites for hydroxylation is 2. The third kappa shape index (κ3) is 2.59. The highest BCUT2D eigenvalue weighted by Crippen LogP contribution is 2.31. The van der Waals surface area contributed by atoms with Gasteiger partial charge in [0.25, 0.3) is 0 Å². The average Bonchev–Trinajstić information content (AvgIpc) is 3.09. The molecule has 0 aliphatic rings. The largest absolute Gasteiger partial charge is 0.328 e. The number of hydrogen-bond donors (Lipinski definition) is 1. The molecule has 3 heterocycles. The minimum Gasteiger partial charge on any atom is -0.328 e. The van der Waals surface area contributed by atoms with Gasteiger partial charge >= 0.3 is 0 Å². The lowest BCUT2D eigenvalue weighted by Crippen LogP contribution is -1.98. The van der Waals surface area contributed by atoms with Gasteiger partial charge < -0.3 is 4.57 Å². The molecule has 0 unspecified atom stereocenters. The highest BCUT2D eigenvalue weighted by molar-refractivity contribution is 7.16. The van der Waals surface area contributed by atoms with Gasteiger partial charge in [-0.25, -0.2) is 15.0 Å². The predicted octanol–water partition coefficient (Wildman–Crippen LogP) is 3.78. The van der Waals surface area contributed by atoms with Crippen molar-refractivity contribution in [2.75, 3.05) is 5.32 Å². The highest BCUT2D eigenvalue weighted by Gasteiger charge is 2.11. The minimum atomic E-state index is 0.510. The summed E-state index contributed by atoms with van der Waals surface area (Å²) in [6.07, 6.45) is 4.48. The second-order valence-corrected chi connectivity index (χ2v) is 5.95. The van der Waals surface area contributed by atoms with E-state index in [0.29, 0.717) is 11.6 Å². The summed E-state index contributed by atoms with van der Waals surface area (Å²) < 4.78 is 2.01. The topological polar surface area (TPSA) is 68.5 Å². The van der Waals surface area contributed by atoms with Gasteiger partial charge in [-0.1, -0.05) is 24.8 Å². The molecule has 114 valence electrons. The minimum absolute atomic E-state index is 0.510. The quantitative estimate of drug-likeness (QED) is 0.776. The van der Waals surface area contributed by atoms with Crippen LogP contribution in [0, 0.1) is 6.92 Å². The van der Waals surface area contributed by atoms with E-state index in [-0.39, 0.29) is 0 Å². The monoisotopic (exact) mass is 314 g/mol. The zero-order valence-electron chi connectivity index (χ0n) is 12.9. The van der Waals surface area contributed by atoms with Crippen molar-refractivity contribution >= 4 is 39.2 Å². The zero-order chi connectivity index (χ0) is 15.7. The van der Waals surface area contributed by atoms with Gasteiger partial charge in [-0.05, 0) is 25.8 Å². The van der Waals surface area contributed by atoms with Crippen molar-refractivity contribution in [2.24, 2.45) is 0 Å². The first-order chi connectivity index (χ1) is 10.6. The van der Waals surface area contributed by atoms with Crippen LogP contribution in [0.5, 0.6) is 0 Å². The van der Waals surface area contributed by atoms with Crippen LogP contribution in [0.15, 0.2) is 19.1 Å². The SMILES string of the molecule is C=C(CC)c1sc(Nc2ncc3c(ncn3CC)n2)nc1C. The Kier molecular flexibility index (Phi) is 3.89. The maximum Gasteiger partial charge on any atom is 0.231 e. The van der Waals surface area contributed by atoms with Crippen LogP contribution < -0.4 is 5.32 Å². The summed E-state index contributed by atoms with van der Waals surface area (Å²) in [5.74, 6) is 0.510. The molecule has 6 nitrogen and oxygen atoms in total. The summed E-state index contributed by atoms with van der Waals surface area (Å²) in [6, 6.07) is 0. The third-order valence-electron chi connectivity index (χ3n) is 3.48. The number of fused-ring (bicyclic) bond motifs is 1. The maximum atomic E-state index is 4.52. The Morgan fingerprint density at radius 2 is 2.14 bits per heavy atom. The highest BCUT2D eigenvalue weighted by atomic mass is 32.1. The average molecular weight is 314 g/mol. The maximum absolute atomic E-state index is 4.52. The predicted molar refractivity (Wildman–Crippen MR) is 90.5 cm³/mol. The number of hydrogen-bond acceptors (Lipinski definition) is 6. The van der Waals surface area contributed by atoms with E-state index in [1.165, 1.54) is 0 Å². The lowest BCUT2D eigenvalue weighted by molar-refractivity contribution is 0.785. The second kappa shape index (κ2) is 5.84. The van der Waals surface area contributed by atoms with E-state index < -0.39 is 0 Å². The van der Waals surface area contributed by atoms with Crippen molar-refractivity contribution in [2.45, 2.75) is 33.7 Å². The molecule has 0 amide bonds. The Bertz CT molecular complexity index is 832. The molecule has 3 aromatic rings. The van der Waals surface area contributed by atoms with Gasteiger partial charge in [0.1, 0.15) is 5.52 Å². The molecule has 0 atom stereocenters. The van der Waals surface area contributed by atoms with Gasteiger partial charge in [-0.15, -0.1) is 0 Å². The molecular weight excluding hydrogens is 296 g/mol. The zero-order valence-corrected chi connectivity index (χ0v) is 13.7. The molecule has 0 saturated carbocycles. The first-order valence-electron chi connectivity index (χ1n) is 7.22. The molecule has 0 aromatic carbocycles. The number of imidazole rings is 1.